The Balaban J connectivity index is 1.82. The van der Waals surface area contributed by atoms with Crippen LogP contribution in [0, 0.1) is 23.4 Å². The number of amides is 1. The zero-order valence-electron chi connectivity index (χ0n) is 13.9. The highest BCUT2D eigenvalue weighted by atomic mass is 19.1. The second kappa shape index (κ2) is 6.20. The molecule has 0 unspecified atom stereocenters. The van der Waals surface area contributed by atoms with E-state index in [1.165, 1.54) is 18.2 Å². The average molecular weight is 358 g/mol. The minimum atomic E-state index is -0.664. The average Bonchev–Trinajstić information content (AvgIpc) is 2.90. The van der Waals surface area contributed by atoms with Gasteiger partial charge in [0.2, 0.25) is 5.91 Å². The standard InChI is InChI=1S/C20H17F3N2O/c21-13-3-1-11(2-4-13)19-18(12-5-10(6-12)7-17(24)26)15-8-14(22)9-16(23)20(15)25-19/h1-4,8-10,12,25H,5-7H2,(H2,24,26). The Morgan fingerprint density at radius 2 is 1.77 bits per heavy atom. The van der Waals surface area contributed by atoms with Gasteiger partial charge in [-0.05, 0) is 66.1 Å². The van der Waals surface area contributed by atoms with Gasteiger partial charge in [0, 0.05) is 17.9 Å². The maximum atomic E-state index is 14.3. The largest absolute Gasteiger partial charge is 0.370 e. The number of hydrogen-bond acceptors (Lipinski definition) is 1. The number of fused-ring (bicyclic) bond motifs is 1. The normalized spacial score (nSPS) is 19.5. The molecule has 1 aromatic heterocycles. The molecule has 3 nitrogen and oxygen atoms in total. The molecule has 0 bridgehead atoms. The lowest BCUT2D eigenvalue weighted by Crippen LogP contribution is -2.27. The number of aromatic amines is 1. The molecule has 3 aromatic rings. The maximum absolute atomic E-state index is 14.3. The molecule has 1 saturated carbocycles. The molecule has 26 heavy (non-hydrogen) atoms. The fraction of sp³-hybridized carbons (Fsp3) is 0.250. The van der Waals surface area contributed by atoms with Crippen LogP contribution in [0.15, 0.2) is 36.4 Å². The molecular formula is C20H17F3N2O. The summed E-state index contributed by atoms with van der Waals surface area (Å²) < 4.78 is 41.3. The number of aromatic nitrogens is 1. The van der Waals surface area contributed by atoms with Gasteiger partial charge in [-0.2, -0.15) is 0 Å². The van der Waals surface area contributed by atoms with E-state index in [-0.39, 0.29) is 29.1 Å². The fourth-order valence-electron chi connectivity index (χ4n) is 3.93. The Hall–Kier alpha value is -2.76. The molecule has 0 spiro atoms. The predicted molar refractivity (Wildman–Crippen MR) is 92.9 cm³/mol. The minimum absolute atomic E-state index is 0.0642. The smallest absolute Gasteiger partial charge is 0.217 e. The summed E-state index contributed by atoms with van der Waals surface area (Å²) in [6.45, 7) is 0. The molecule has 6 heteroatoms. The van der Waals surface area contributed by atoms with Gasteiger partial charge in [0.15, 0.2) is 0 Å². The van der Waals surface area contributed by atoms with Crippen LogP contribution >= 0.6 is 0 Å². The summed E-state index contributed by atoms with van der Waals surface area (Å²) in [7, 11) is 0. The Kier molecular flexibility index (Phi) is 3.98. The number of nitrogens with one attached hydrogen (secondary N) is 1. The number of carbonyl (C=O) groups excluding carboxylic acids is 1. The van der Waals surface area contributed by atoms with E-state index < -0.39 is 11.6 Å². The quantitative estimate of drug-likeness (QED) is 0.702. The van der Waals surface area contributed by atoms with Crippen molar-refractivity contribution in [3.05, 3.63) is 59.4 Å². The molecule has 1 aliphatic rings. The Labute approximate surface area is 148 Å². The molecule has 0 radical (unpaired) electrons. The summed E-state index contributed by atoms with van der Waals surface area (Å²) in [6.07, 6.45) is 1.76. The molecular weight excluding hydrogens is 341 g/mol. The molecule has 1 amide bonds. The molecule has 0 aliphatic heterocycles. The summed E-state index contributed by atoms with van der Waals surface area (Å²) in [5, 5.41) is 0.490. The summed E-state index contributed by atoms with van der Waals surface area (Å²) in [5.41, 5.74) is 7.66. The lowest BCUT2D eigenvalue weighted by molar-refractivity contribution is -0.119. The second-order valence-corrected chi connectivity index (χ2v) is 6.94. The van der Waals surface area contributed by atoms with E-state index in [0.717, 1.165) is 24.5 Å². The van der Waals surface area contributed by atoms with E-state index in [1.807, 2.05) is 0 Å². The van der Waals surface area contributed by atoms with Crippen LogP contribution in [-0.2, 0) is 4.79 Å². The van der Waals surface area contributed by atoms with Crippen LogP contribution in [0.5, 0.6) is 0 Å². The van der Waals surface area contributed by atoms with E-state index in [4.69, 9.17) is 5.73 Å². The van der Waals surface area contributed by atoms with Crippen molar-refractivity contribution in [3.63, 3.8) is 0 Å². The third-order valence-electron chi connectivity index (χ3n) is 5.13. The monoisotopic (exact) mass is 358 g/mol. The van der Waals surface area contributed by atoms with Crippen molar-refractivity contribution in [1.82, 2.24) is 4.98 Å². The second-order valence-electron chi connectivity index (χ2n) is 6.94. The van der Waals surface area contributed by atoms with Crippen LogP contribution in [-0.4, -0.2) is 10.9 Å². The van der Waals surface area contributed by atoms with Gasteiger partial charge in [0.25, 0.3) is 0 Å². The van der Waals surface area contributed by atoms with Gasteiger partial charge < -0.3 is 10.7 Å². The summed E-state index contributed by atoms with van der Waals surface area (Å²) in [4.78, 5) is 14.1. The van der Waals surface area contributed by atoms with Crippen LogP contribution in [0.4, 0.5) is 13.2 Å². The zero-order chi connectivity index (χ0) is 18.4. The lowest BCUT2D eigenvalue weighted by atomic mass is 9.69. The van der Waals surface area contributed by atoms with Gasteiger partial charge in [0.05, 0.1) is 11.2 Å². The minimum Gasteiger partial charge on any atom is -0.370 e. The molecule has 0 saturated heterocycles. The van der Waals surface area contributed by atoms with Crippen molar-refractivity contribution in [3.8, 4) is 11.3 Å². The molecule has 3 N–H and O–H groups in total. The van der Waals surface area contributed by atoms with Gasteiger partial charge in [-0.1, -0.05) is 0 Å². The van der Waals surface area contributed by atoms with Crippen LogP contribution in [0.3, 0.4) is 0 Å². The van der Waals surface area contributed by atoms with Gasteiger partial charge in [-0.3, -0.25) is 4.79 Å². The fourth-order valence-corrected chi connectivity index (χ4v) is 3.93. The number of halogens is 3. The van der Waals surface area contributed by atoms with Crippen molar-refractivity contribution in [2.75, 3.05) is 0 Å². The first-order valence-corrected chi connectivity index (χ1v) is 8.47. The first-order chi connectivity index (χ1) is 12.4. The SMILES string of the molecule is NC(=O)CC1CC(c2c(-c3ccc(F)cc3)[nH]c3c(F)cc(F)cc23)C1. The molecule has 1 heterocycles. The van der Waals surface area contributed by atoms with Crippen LogP contribution < -0.4 is 5.73 Å². The number of rotatable bonds is 4. The highest BCUT2D eigenvalue weighted by molar-refractivity contribution is 5.92. The molecule has 0 atom stereocenters. The molecule has 4 rings (SSSR count). The van der Waals surface area contributed by atoms with E-state index in [0.29, 0.717) is 23.1 Å². The van der Waals surface area contributed by atoms with Gasteiger partial charge in [-0.15, -0.1) is 0 Å². The van der Waals surface area contributed by atoms with Crippen molar-refractivity contribution < 1.29 is 18.0 Å². The van der Waals surface area contributed by atoms with E-state index in [1.54, 1.807) is 12.1 Å². The first-order valence-electron chi connectivity index (χ1n) is 8.47. The number of carbonyl (C=O) groups is 1. The van der Waals surface area contributed by atoms with Crippen LogP contribution in [0.25, 0.3) is 22.2 Å². The highest BCUT2D eigenvalue weighted by Crippen LogP contribution is 2.49. The first kappa shape index (κ1) is 16.7. The van der Waals surface area contributed by atoms with E-state index in [2.05, 4.69) is 4.98 Å². The van der Waals surface area contributed by atoms with E-state index >= 15 is 0 Å². The van der Waals surface area contributed by atoms with Crippen LogP contribution in [0.1, 0.15) is 30.7 Å². The van der Waals surface area contributed by atoms with Crippen LogP contribution in [0.2, 0.25) is 0 Å². The number of benzene rings is 2. The van der Waals surface area contributed by atoms with Crippen molar-refractivity contribution in [2.45, 2.75) is 25.2 Å². The number of hydrogen-bond donors (Lipinski definition) is 2. The molecule has 2 aromatic carbocycles. The molecule has 1 fully saturated rings. The number of H-pyrrole nitrogens is 1. The van der Waals surface area contributed by atoms with Gasteiger partial charge >= 0.3 is 0 Å². The van der Waals surface area contributed by atoms with Crippen molar-refractivity contribution in [2.24, 2.45) is 11.7 Å². The lowest BCUT2D eigenvalue weighted by Gasteiger charge is -2.35. The topological polar surface area (TPSA) is 58.9 Å². The Bertz CT molecular complexity index is 988. The third kappa shape index (κ3) is 2.85. The highest BCUT2D eigenvalue weighted by Gasteiger charge is 2.35. The van der Waals surface area contributed by atoms with Crippen molar-refractivity contribution in [1.29, 1.82) is 0 Å². The predicted octanol–water partition coefficient (Wildman–Crippen LogP) is 4.62. The number of primary amides is 1. The maximum Gasteiger partial charge on any atom is 0.217 e. The van der Waals surface area contributed by atoms with E-state index in [9.17, 15) is 18.0 Å². The zero-order valence-corrected chi connectivity index (χ0v) is 13.9. The van der Waals surface area contributed by atoms with Gasteiger partial charge in [0.1, 0.15) is 17.5 Å². The van der Waals surface area contributed by atoms with Crippen molar-refractivity contribution >= 4 is 16.8 Å². The number of nitrogens with two attached hydrogens (primary N) is 1. The third-order valence-corrected chi connectivity index (χ3v) is 5.13. The summed E-state index contributed by atoms with van der Waals surface area (Å²) in [5.74, 6) is -1.77. The molecule has 1 aliphatic carbocycles. The summed E-state index contributed by atoms with van der Waals surface area (Å²) >= 11 is 0. The Morgan fingerprint density at radius 1 is 1.08 bits per heavy atom. The molecule has 134 valence electrons. The van der Waals surface area contributed by atoms with Gasteiger partial charge in [-0.25, -0.2) is 13.2 Å². The Morgan fingerprint density at radius 3 is 2.42 bits per heavy atom. The summed E-state index contributed by atoms with van der Waals surface area (Å²) in [6, 6.07) is 8.04.